The highest BCUT2D eigenvalue weighted by atomic mass is 16.4. The van der Waals surface area contributed by atoms with E-state index in [0.29, 0.717) is 11.8 Å². The lowest BCUT2D eigenvalue weighted by atomic mass is 9.98. The van der Waals surface area contributed by atoms with Crippen LogP contribution in [0.1, 0.15) is 50.0 Å². The van der Waals surface area contributed by atoms with Gasteiger partial charge < -0.3 is 4.42 Å². The van der Waals surface area contributed by atoms with Gasteiger partial charge in [-0.1, -0.05) is 51.1 Å². The summed E-state index contributed by atoms with van der Waals surface area (Å²) in [5, 5.41) is 8.13. The van der Waals surface area contributed by atoms with E-state index < -0.39 is 0 Å². The molecule has 2 rings (SSSR count). The minimum atomic E-state index is 0.295. The summed E-state index contributed by atoms with van der Waals surface area (Å²) in [7, 11) is 0. The molecule has 0 saturated heterocycles. The highest BCUT2D eigenvalue weighted by molar-refractivity contribution is 5.19. The third-order valence-electron chi connectivity index (χ3n) is 2.83. The molecule has 0 aliphatic carbocycles. The lowest BCUT2D eigenvalue weighted by Gasteiger charge is -2.08. The molecule has 0 spiro atoms. The fourth-order valence-corrected chi connectivity index (χ4v) is 1.74. The zero-order valence-corrected chi connectivity index (χ0v) is 10.6. The van der Waals surface area contributed by atoms with Crippen LogP contribution in [0.5, 0.6) is 0 Å². The summed E-state index contributed by atoms with van der Waals surface area (Å²) in [6, 6.07) is 10.4. The SMILES string of the molecule is CC(C)c1nnc(CC(C)c2ccccc2)o1. The van der Waals surface area contributed by atoms with Crippen LogP contribution in [0.2, 0.25) is 0 Å². The quantitative estimate of drug-likeness (QED) is 0.806. The molecule has 90 valence electrons. The Labute approximate surface area is 102 Å². The van der Waals surface area contributed by atoms with Gasteiger partial charge >= 0.3 is 0 Å². The first kappa shape index (κ1) is 11.8. The fraction of sp³-hybridized carbons (Fsp3) is 0.429. The summed E-state index contributed by atoms with van der Waals surface area (Å²) < 4.78 is 5.61. The Kier molecular flexibility index (Phi) is 3.57. The van der Waals surface area contributed by atoms with Gasteiger partial charge in [-0.3, -0.25) is 0 Å². The predicted molar refractivity (Wildman–Crippen MR) is 66.9 cm³/mol. The average Bonchev–Trinajstić information content (AvgIpc) is 2.79. The fourth-order valence-electron chi connectivity index (χ4n) is 1.74. The monoisotopic (exact) mass is 230 g/mol. The third kappa shape index (κ3) is 2.93. The van der Waals surface area contributed by atoms with Crippen LogP contribution in [-0.4, -0.2) is 10.2 Å². The van der Waals surface area contributed by atoms with Crippen molar-refractivity contribution in [3.05, 3.63) is 47.7 Å². The molecule has 0 N–H and O–H groups in total. The second kappa shape index (κ2) is 5.13. The Balaban J connectivity index is 2.05. The van der Waals surface area contributed by atoms with Gasteiger partial charge in [0.1, 0.15) is 0 Å². The Morgan fingerprint density at radius 3 is 2.35 bits per heavy atom. The van der Waals surface area contributed by atoms with E-state index in [1.165, 1.54) is 5.56 Å². The minimum Gasteiger partial charge on any atom is -0.425 e. The number of hydrogen-bond donors (Lipinski definition) is 0. The molecule has 0 amide bonds. The second-order valence-corrected chi connectivity index (χ2v) is 4.70. The van der Waals surface area contributed by atoms with Gasteiger partial charge in [0.05, 0.1) is 0 Å². The summed E-state index contributed by atoms with van der Waals surface area (Å²) in [5.41, 5.74) is 1.30. The molecule has 1 aromatic heterocycles. The molecule has 0 bridgehead atoms. The van der Waals surface area contributed by atoms with Crippen molar-refractivity contribution in [1.82, 2.24) is 10.2 Å². The summed E-state index contributed by atoms with van der Waals surface area (Å²) in [6.07, 6.45) is 0.795. The summed E-state index contributed by atoms with van der Waals surface area (Å²) in [4.78, 5) is 0. The number of aromatic nitrogens is 2. The topological polar surface area (TPSA) is 38.9 Å². The first-order chi connectivity index (χ1) is 8.16. The van der Waals surface area contributed by atoms with Crippen molar-refractivity contribution >= 4 is 0 Å². The molecule has 3 nitrogen and oxygen atoms in total. The Hall–Kier alpha value is -1.64. The second-order valence-electron chi connectivity index (χ2n) is 4.70. The molecule has 0 fully saturated rings. The number of benzene rings is 1. The van der Waals surface area contributed by atoms with Gasteiger partial charge in [0.15, 0.2) is 0 Å². The number of nitrogens with zero attached hydrogens (tertiary/aromatic N) is 2. The molecule has 1 unspecified atom stereocenters. The van der Waals surface area contributed by atoms with Crippen LogP contribution in [0.4, 0.5) is 0 Å². The third-order valence-corrected chi connectivity index (χ3v) is 2.83. The zero-order valence-electron chi connectivity index (χ0n) is 10.6. The molecular weight excluding hydrogens is 212 g/mol. The maximum absolute atomic E-state index is 5.61. The van der Waals surface area contributed by atoms with Crippen LogP contribution in [0.25, 0.3) is 0 Å². The molecular formula is C14H18N2O. The molecule has 0 radical (unpaired) electrons. The summed E-state index contributed by atoms with van der Waals surface area (Å²) >= 11 is 0. The van der Waals surface area contributed by atoms with Crippen molar-refractivity contribution in [1.29, 1.82) is 0 Å². The molecule has 1 aromatic carbocycles. The normalized spacial score (nSPS) is 12.9. The van der Waals surface area contributed by atoms with Crippen LogP contribution < -0.4 is 0 Å². The van der Waals surface area contributed by atoms with E-state index in [9.17, 15) is 0 Å². The van der Waals surface area contributed by atoms with Crippen molar-refractivity contribution in [3.63, 3.8) is 0 Å². The number of hydrogen-bond acceptors (Lipinski definition) is 3. The van der Waals surface area contributed by atoms with E-state index in [2.05, 4.69) is 55.2 Å². The Morgan fingerprint density at radius 2 is 1.76 bits per heavy atom. The van der Waals surface area contributed by atoms with Crippen molar-refractivity contribution in [2.45, 2.75) is 39.0 Å². The van der Waals surface area contributed by atoms with Gasteiger partial charge in [-0.25, -0.2) is 0 Å². The van der Waals surface area contributed by atoms with Crippen LogP contribution in [-0.2, 0) is 6.42 Å². The van der Waals surface area contributed by atoms with Crippen LogP contribution in [0, 0.1) is 0 Å². The van der Waals surface area contributed by atoms with Gasteiger partial charge in [-0.2, -0.15) is 0 Å². The molecule has 17 heavy (non-hydrogen) atoms. The highest BCUT2D eigenvalue weighted by Gasteiger charge is 2.13. The number of rotatable bonds is 4. The van der Waals surface area contributed by atoms with Gasteiger partial charge in [0.25, 0.3) is 0 Å². The predicted octanol–water partition coefficient (Wildman–Crippen LogP) is 3.54. The van der Waals surface area contributed by atoms with Crippen molar-refractivity contribution in [2.75, 3.05) is 0 Å². The van der Waals surface area contributed by atoms with E-state index in [4.69, 9.17) is 4.42 Å². The average molecular weight is 230 g/mol. The van der Waals surface area contributed by atoms with Crippen molar-refractivity contribution < 1.29 is 4.42 Å². The Bertz CT molecular complexity index is 462. The van der Waals surface area contributed by atoms with Gasteiger partial charge in [-0.05, 0) is 11.5 Å². The lowest BCUT2D eigenvalue weighted by molar-refractivity contribution is 0.423. The van der Waals surface area contributed by atoms with Crippen molar-refractivity contribution in [3.8, 4) is 0 Å². The maximum Gasteiger partial charge on any atom is 0.219 e. The first-order valence-electron chi connectivity index (χ1n) is 6.04. The molecule has 0 saturated carbocycles. The summed E-state index contributed by atoms with van der Waals surface area (Å²) in [5.74, 6) is 2.14. The Morgan fingerprint density at radius 1 is 1.06 bits per heavy atom. The standard InChI is InChI=1S/C14H18N2O/c1-10(2)14-16-15-13(17-14)9-11(3)12-7-5-4-6-8-12/h4-8,10-11H,9H2,1-3H3. The van der Waals surface area contributed by atoms with E-state index in [1.807, 2.05) is 6.07 Å². The summed E-state index contributed by atoms with van der Waals surface area (Å²) in [6.45, 7) is 6.28. The van der Waals surface area contributed by atoms with Gasteiger partial charge in [0, 0.05) is 12.3 Å². The molecule has 1 atom stereocenters. The lowest BCUT2D eigenvalue weighted by Crippen LogP contribution is -1.98. The van der Waals surface area contributed by atoms with E-state index in [-0.39, 0.29) is 0 Å². The first-order valence-corrected chi connectivity index (χ1v) is 6.04. The van der Waals surface area contributed by atoms with Crippen LogP contribution >= 0.6 is 0 Å². The molecule has 0 aliphatic rings. The van der Waals surface area contributed by atoms with E-state index in [0.717, 1.165) is 18.2 Å². The van der Waals surface area contributed by atoms with Gasteiger partial charge in [0.2, 0.25) is 11.8 Å². The molecule has 1 heterocycles. The minimum absolute atomic E-state index is 0.295. The van der Waals surface area contributed by atoms with Crippen molar-refractivity contribution in [2.24, 2.45) is 0 Å². The smallest absolute Gasteiger partial charge is 0.219 e. The molecule has 0 aliphatic heterocycles. The maximum atomic E-state index is 5.61. The zero-order chi connectivity index (χ0) is 12.3. The van der Waals surface area contributed by atoms with Crippen LogP contribution in [0.3, 0.4) is 0 Å². The largest absolute Gasteiger partial charge is 0.425 e. The highest BCUT2D eigenvalue weighted by Crippen LogP contribution is 2.20. The van der Waals surface area contributed by atoms with Gasteiger partial charge in [-0.15, -0.1) is 10.2 Å². The van der Waals surface area contributed by atoms with E-state index >= 15 is 0 Å². The van der Waals surface area contributed by atoms with E-state index in [1.54, 1.807) is 0 Å². The molecule has 2 aromatic rings. The molecule has 3 heteroatoms. The van der Waals surface area contributed by atoms with Crippen LogP contribution in [0.15, 0.2) is 34.7 Å².